The van der Waals surface area contributed by atoms with Crippen molar-refractivity contribution >= 4 is 12.0 Å². The van der Waals surface area contributed by atoms with Gasteiger partial charge < -0.3 is 15.3 Å². The molecule has 1 unspecified atom stereocenters. The number of hydrogen-bond acceptors (Lipinski definition) is 2. The average Bonchev–Trinajstić information content (AvgIpc) is 2.10. The van der Waals surface area contributed by atoms with Crippen molar-refractivity contribution in [2.75, 3.05) is 13.1 Å². The minimum absolute atomic E-state index is 0.106. The number of nitrogens with one attached hydrogen (secondary N) is 1. The second kappa shape index (κ2) is 6.31. The molecule has 2 N–H and O–H groups in total. The van der Waals surface area contributed by atoms with E-state index in [0.717, 1.165) is 0 Å². The quantitative estimate of drug-likeness (QED) is 0.782. The summed E-state index contributed by atoms with van der Waals surface area (Å²) in [5.41, 5.74) is 0. The van der Waals surface area contributed by atoms with Crippen molar-refractivity contribution in [1.82, 2.24) is 10.2 Å². The van der Waals surface area contributed by atoms with E-state index in [4.69, 9.17) is 5.11 Å². The number of carboxylic acids is 1. The number of alkyl halides is 3. The molecule has 0 radical (unpaired) electrons. The number of rotatable bonds is 5. The molecule has 0 aliphatic carbocycles. The van der Waals surface area contributed by atoms with Gasteiger partial charge in [0.15, 0.2) is 0 Å². The molecule has 0 rings (SSSR count). The summed E-state index contributed by atoms with van der Waals surface area (Å²) in [5, 5.41) is 10.6. The summed E-state index contributed by atoms with van der Waals surface area (Å²) in [5.74, 6) is -1.13. The lowest BCUT2D eigenvalue weighted by Gasteiger charge is -2.24. The number of halogens is 3. The normalized spacial score (nSPS) is 13.0. The topological polar surface area (TPSA) is 69.6 Å². The summed E-state index contributed by atoms with van der Waals surface area (Å²) in [6.07, 6.45) is -4.81. The molecular weight excluding hydrogens is 241 g/mol. The number of aliphatic carboxylic acids is 1. The van der Waals surface area contributed by atoms with Crippen LogP contribution in [0, 0.1) is 0 Å². The third-order valence-corrected chi connectivity index (χ3v) is 1.89. The number of amides is 2. The summed E-state index contributed by atoms with van der Waals surface area (Å²) in [6.45, 7) is 1.36. The zero-order valence-corrected chi connectivity index (χ0v) is 9.54. The first-order chi connectivity index (χ1) is 7.65. The molecule has 0 aromatic carbocycles. The molecule has 100 valence electrons. The van der Waals surface area contributed by atoms with E-state index in [1.54, 1.807) is 0 Å². The van der Waals surface area contributed by atoms with Crippen molar-refractivity contribution in [3.05, 3.63) is 0 Å². The highest BCUT2D eigenvalue weighted by atomic mass is 19.4. The first-order valence-corrected chi connectivity index (χ1v) is 4.99. The van der Waals surface area contributed by atoms with Crippen molar-refractivity contribution in [3.63, 3.8) is 0 Å². The highest BCUT2D eigenvalue weighted by Gasteiger charge is 2.32. The van der Waals surface area contributed by atoms with Crippen LogP contribution in [-0.4, -0.2) is 47.3 Å². The summed E-state index contributed by atoms with van der Waals surface area (Å²) in [6, 6.07) is -1.64. The Hall–Kier alpha value is -1.47. The first kappa shape index (κ1) is 15.5. The maximum absolute atomic E-state index is 12.1. The van der Waals surface area contributed by atoms with Crippen LogP contribution in [0.15, 0.2) is 0 Å². The second-order valence-corrected chi connectivity index (χ2v) is 3.58. The SMILES string of the molecule is CCN(CC(F)(F)F)C(=O)NC(C)CC(=O)O. The molecular formula is C9H15F3N2O3. The van der Waals surface area contributed by atoms with Crippen LogP contribution in [-0.2, 0) is 4.79 Å². The molecule has 0 heterocycles. The van der Waals surface area contributed by atoms with Gasteiger partial charge in [0.2, 0.25) is 0 Å². The van der Waals surface area contributed by atoms with Crippen LogP contribution in [0.4, 0.5) is 18.0 Å². The van der Waals surface area contributed by atoms with Crippen molar-refractivity contribution in [1.29, 1.82) is 0 Å². The van der Waals surface area contributed by atoms with Crippen LogP contribution in [0.2, 0.25) is 0 Å². The van der Waals surface area contributed by atoms with Crippen molar-refractivity contribution in [2.45, 2.75) is 32.5 Å². The van der Waals surface area contributed by atoms with Gasteiger partial charge in [0.1, 0.15) is 6.54 Å². The average molecular weight is 256 g/mol. The van der Waals surface area contributed by atoms with E-state index in [9.17, 15) is 22.8 Å². The third-order valence-electron chi connectivity index (χ3n) is 1.89. The minimum atomic E-state index is -4.47. The summed E-state index contributed by atoms with van der Waals surface area (Å²) in [7, 11) is 0. The lowest BCUT2D eigenvalue weighted by Crippen LogP contribution is -2.47. The van der Waals surface area contributed by atoms with Gasteiger partial charge in [-0.1, -0.05) is 0 Å². The van der Waals surface area contributed by atoms with Gasteiger partial charge in [-0.2, -0.15) is 13.2 Å². The second-order valence-electron chi connectivity index (χ2n) is 3.58. The molecule has 17 heavy (non-hydrogen) atoms. The van der Waals surface area contributed by atoms with Crippen LogP contribution in [0.5, 0.6) is 0 Å². The van der Waals surface area contributed by atoms with Gasteiger partial charge in [0, 0.05) is 12.6 Å². The number of carboxylic acid groups (broad SMARTS) is 1. The van der Waals surface area contributed by atoms with Crippen LogP contribution in [0.1, 0.15) is 20.3 Å². The minimum Gasteiger partial charge on any atom is -0.481 e. The molecule has 0 spiro atoms. The van der Waals surface area contributed by atoms with Gasteiger partial charge in [-0.25, -0.2) is 4.79 Å². The fourth-order valence-electron chi connectivity index (χ4n) is 1.16. The van der Waals surface area contributed by atoms with Crippen LogP contribution in [0.25, 0.3) is 0 Å². The number of hydrogen-bond donors (Lipinski definition) is 2. The van der Waals surface area contributed by atoms with E-state index in [1.807, 2.05) is 0 Å². The fourth-order valence-corrected chi connectivity index (χ4v) is 1.16. The highest BCUT2D eigenvalue weighted by molar-refractivity contribution is 5.75. The Labute approximate surface area is 96.6 Å². The molecule has 0 aliphatic heterocycles. The van der Waals surface area contributed by atoms with E-state index >= 15 is 0 Å². The predicted octanol–water partition coefficient (Wildman–Crippen LogP) is 1.44. The van der Waals surface area contributed by atoms with Crippen LogP contribution < -0.4 is 5.32 Å². The Morgan fingerprint density at radius 1 is 1.41 bits per heavy atom. The van der Waals surface area contributed by atoms with Gasteiger partial charge in [-0.3, -0.25) is 4.79 Å². The Bertz CT molecular complexity index is 281. The highest BCUT2D eigenvalue weighted by Crippen LogP contribution is 2.16. The lowest BCUT2D eigenvalue weighted by atomic mass is 10.2. The van der Waals surface area contributed by atoms with Crippen molar-refractivity contribution < 1.29 is 27.9 Å². The molecule has 0 fully saturated rings. The molecule has 0 saturated carbocycles. The smallest absolute Gasteiger partial charge is 0.406 e. The molecule has 1 atom stereocenters. The standard InChI is InChI=1S/C9H15F3N2O3/c1-3-14(5-9(10,11)12)8(17)13-6(2)4-7(15)16/h6H,3-5H2,1-2H3,(H,13,17)(H,15,16). The largest absolute Gasteiger partial charge is 0.481 e. The van der Waals surface area contributed by atoms with Gasteiger partial charge >= 0.3 is 18.2 Å². The van der Waals surface area contributed by atoms with Crippen molar-refractivity contribution in [3.8, 4) is 0 Å². The van der Waals surface area contributed by atoms with E-state index in [2.05, 4.69) is 5.32 Å². The first-order valence-electron chi connectivity index (χ1n) is 4.99. The van der Waals surface area contributed by atoms with Crippen LogP contribution >= 0.6 is 0 Å². The number of nitrogens with zero attached hydrogens (tertiary/aromatic N) is 1. The van der Waals surface area contributed by atoms with Crippen LogP contribution in [0.3, 0.4) is 0 Å². The summed E-state index contributed by atoms with van der Waals surface area (Å²) >= 11 is 0. The van der Waals surface area contributed by atoms with Gasteiger partial charge in [0.05, 0.1) is 6.42 Å². The van der Waals surface area contributed by atoms with Gasteiger partial charge in [-0.05, 0) is 13.8 Å². The molecule has 8 heteroatoms. The maximum Gasteiger partial charge on any atom is 0.406 e. The van der Waals surface area contributed by atoms with E-state index in [-0.39, 0.29) is 13.0 Å². The molecule has 2 amide bonds. The molecule has 0 aromatic heterocycles. The van der Waals surface area contributed by atoms with Crippen molar-refractivity contribution in [2.24, 2.45) is 0 Å². The summed E-state index contributed by atoms with van der Waals surface area (Å²) in [4.78, 5) is 22.2. The van der Waals surface area contributed by atoms with E-state index in [1.165, 1.54) is 13.8 Å². The van der Waals surface area contributed by atoms with E-state index < -0.39 is 30.8 Å². The predicted molar refractivity (Wildman–Crippen MR) is 53.5 cm³/mol. The fraction of sp³-hybridized carbons (Fsp3) is 0.778. The molecule has 5 nitrogen and oxygen atoms in total. The zero-order valence-electron chi connectivity index (χ0n) is 9.54. The lowest BCUT2D eigenvalue weighted by molar-refractivity contribution is -0.140. The molecule has 0 bridgehead atoms. The van der Waals surface area contributed by atoms with Gasteiger partial charge in [-0.15, -0.1) is 0 Å². The Morgan fingerprint density at radius 2 is 1.94 bits per heavy atom. The Morgan fingerprint density at radius 3 is 2.29 bits per heavy atom. The zero-order chi connectivity index (χ0) is 13.6. The number of carbonyl (C=O) groups is 2. The molecule has 0 aromatic rings. The maximum atomic E-state index is 12.1. The number of urea groups is 1. The molecule has 0 aliphatic rings. The van der Waals surface area contributed by atoms with E-state index in [0.29, 0.717) is 4.90 Å². The monoisotopic (exact) mass is 256 g/mol. The summed E-state index contributed by atoms with van der Waals surface area (Å²) < 4.78 is 36.3. The molecule has 0 saturated heterocycles. The number of carbonyl (C=O) groups excluding carboxylic acids is 1. The third kappa shape index (κ3) is 7.42. The Kier molecular flexibility index (Phi) is 5.77. The van der Waals surface area contributed by atoms with Gasteiger partial charge in [0.25, 0.3) is 0 Å². The Balaban J connectivity index is 4.31.